The van der Waals surface area contributed by atoms with Gasteiger partial charge in [0.2, 0.25) is 0 Å². The summed E-state index contributed by atoms with van der Waals surface area (Å²) in [6.07, 6.45) is 1.44. The zero-order chi connectivity index (χ0) is 15.1. The first-order chi connectivity index (χ1) is 8.20. The zero-order valence-corrected chi connectivity index (χ0v) is 10.5. The zero-order valence-electron chi connectivity index (χ0n) is 10.5. The van der Waals surface area contributed by atoms with Crippen LogP contribution in [0, 0.1) is 16.0 Å². The van der Waals surface area contributed by atoms with E-state index in [2.05, 4.69) is 0 Å². The second-order valence-corrected chi connectivity index (χ2v) is 3.50. The summed E-state index contributed by atoms with van der Waals surface area (Å²) in [5.74, 6) is -0.910. The lowest BCUT2D eigenvalue weighted by atomic mass is 10.1. The average molecular weight is 270 g/mol. The van der Waals surface area contributed by atoms with E-state index in [4.69, 9.17) is 36.4 Å². The first-order valence-electron chi connectivity index (χ1n) is 5.24. The highest BCUT2D eigenvalue weighted by molar-refractivity contribution is 5.73. The number of carboxylic acids is 1. The number of unbranched alkanes of at least 4 members (excludes halogenated alkanes) is 1. The summed E-state index contributed by atoms with van der Waals surface area (Å²) in [7, 11) is 0. The fourth-order valence-electron chi connectivity index (χ4n) is 0.509. The fraction of sp³-hybridized carbons (Fsp3) is 0.889. The van der Waals surface area contributed by atoms with Crippen molar-refractivity contribution in [1.82, 2.24) is 0 Å². The van der Waals surface area contributed by atoms with E-state index >= 15 is 0 Å². The summed E-state index contributed by atoms with van der Waals surface area (Å²) in [6.45, 7) is 3.94. The molecule has 0 bridgehead atoms. The molecular formula is C9H22N2O7. The van der Waals surface area contributed by atoms with E-state index in [0.29, 0.717) is 0 Å². The summed E-state index contributed by atoms with van der Waals surface area (Å²) >= 11 is 0. The molecule has 0 aliphatic carbocycles. The quantitative estimate of drug-likeness (QED) is 0.252. The molecule has 0 rings (SSSR count). The van der Waals surface area contributed by atoms with Crippen LogP contribution in [-0.2, 0) is 4.79 Å². The molecule has 110 valence electrons. The monoisotopic (exact) mass is 270 g/mol. The Bertz CT molecular complexity index is 203. The normalized spacial score (nSPS) is 10.6. The summed E-state index contributed by atoms with van der Waals surface area (Å²) in [5, 5.41) is 38.0. The van der Waals surface area contributed by atoms with Gasteiger partial charge in [-0.1, -0.05) is 13.8 Å². The van der Waals surface area contributed by atoms with Gasteiger partial charge in [-0.2, -0.15) is 0 Å². The third-order valence-corrected chi connectivity index (χ3v) is 1.57. The molecule has 9 heteroatoms. The molecule has 6 N–H and O–H groups in total. The van der Waals surface area contributed by atoms with Crippen molar-refractivity contribution in [2.45, 2.75) is 32.7 Å². The van der Waals surface area contributed by atoms with E-state index in [9.17, 15) is 4.79 Å². The SMILES string of the molecule is CC(C)[C@H](N)C(=O)O.O=[N+]([O-])O.OCCCCO. The molecule has 0 aromatic heterocycles. The number of aliphatic hydroxyl groups is 2. The molecule has 9 nitrogen and oxygen atoms in total. The van der Waals surface area contributed by atoms with E-state index in [1.165, 1.54) is 0 Å². The Morgan fingerprint density at radius 1 is 1.28 bits per heavy atom. The average Bonchev–Trinajstić information content (AvgIpc) is 2.25. The van der Waals surface area contributed by atoms with Crippen LogP contribution in [0.25, 0.3) is 0 Å². The molecule has 0 fully saturated rings. The van der Waals surface area contributed by atoms with Crippen molar-refractivity contribution in [2.24, 2.45) is 11.7 Å². The fourth-order valence-corrected chi connectivity index (χ4v) is 0.509. The lowest BCUT2D eigenvalue weighted by Crippen LogP contribution is -2.34. The van der Waals surface area contributed by atoms with Crippen LogP contribution in [0.3, 0.4) is 0 Å². The molecule has 0 heterocycles. The topological polar surface area (TPSA) is 167 Å². The molecule has 0 radical (unpaired) electrons. The van der Waals surface area contributed by atoms with Crippen LogP contribution in [0.15, 0.2) is 0 Å². The molecule has 0 unspecified atom stereocenters. The van der Waals surface area contributed by atoms with Gasteiger partial charge in [0.05, 0.1) is 0 Å². The van der Waals surface area contributed by atoms with Gasteiger partial charge in [-0.15, -0.1) is 10.1 Å². The molecule has 0 saturated carbocycles. The molecular weight excluding hydrogens is 248 g/mol. The van der Waals surface area contributed by atoms with Crippen LogP contribution in [0.2, 0.25) is 0 Å². The van der Waals surface area contributed by atoms with Gasteiger partial charge in [-0.3, -0.25) is 4.79 Å². The summed E-state index contributed by atoms with van der Waals surface area (Å²) < 4.78 is 0. The van der Waals surface area contributed by atoms with Gasteiger partial charge in [-0.05, 0) is 18.8 Å². The predicted octanol–water partition coefficient (Wildman–Crippen LogP) is -0.542. The number of aliphatic hydroxyl groups excluding tert-OH is 2. The highest BCUT2D eigenvalue weighted by atomic mass is 16.9. The first-order valence-corrected chi connectivity index (χ1v) is 5.24. The summed E-state index contributed by atoms with van der Waals surface area (Å²) in [5.41, 5.74) is 5.16. The highest BCUT2D eigenvalue weighted by Gasteiger charge is 2.14. The van der Waals surface area contributed by atoms with E-state index in [1.54, 1.807) is 13.8 Å². The van der Waals surface area contributed by atoms with Gasteiger partial charge in [0, 0.05) is 13.2 Å². The maximum atomic E-state index is 10.0. The Hall–Kier alpha value is -1.45. The highest BCUT2D eigenvalue weighted by Crippen LogP contribution is 1.96. The van der Waals surface area contributed by atoms with Gasteiger partial charge in [-0.25, -0.2) is 0 Å². The smallest absolute Gasteiger partial charge is 0.320 e. The van der Waals surface area contributed by atoms with Crippen molar-refractivity contribution in [1.29, 1.82) is 0 Å². The lowest BCUT2D eigenvalue weighted by Gasteiger charge is -2.07. The van der Waals surface area contributed by atoms with Gasteiger partial charge in [0.25, 0.3) is 5.09 Å². The van der Waals surface area contributed by atoms with Crippen molar-refractivity contribution in [3.63, 3.8) is 0 Å². The summed E-state index contributed by atoms with van der Waals surface area (Å²) in [6, 6.07) is -0.713. The Balaban J connectivity index is -0.000000200. The number of rotatable bonds is 5. The molecule has 0 aliphatic heterocycles. The van der Waals surface area contributed by atoms with Gasteiger partial charge >= 0.3 is 5.97 Å². The molecule has 1 atom stereocenters. The van der Waals surface area contributed by atoms with Crippen LogP contribution >= 0.6 is 0 Å². The number of carboxylic acid groups (broad SMARTS) is 1. The molecule has 0 aliphatic rings. The van der Waals surface area contributed by atoms with Crippen molar-refractivity contribution in [3.05, 3.63) is 10.1 Å². The van der Waals surface area contributed by atoms with E-state index < -0.39 is 17.1 Å². The second kappa shape index (κ2) is 15.6. The van der Waals surface area contributed by atoms with Gasteiger partial charge in [0.1, 0.15) is 6.04 Å². The first kappa shape index (κ1) is 21.8. The van der Waals surface area contributed by atoms with Crippen LogP contribution in [0.4, 0.5) is 0 Å². The van der Waals surface area contributed by atoms with Crippen LogP contribution in [0.5, 0.6) is 0 Å². The Morgan fingerprint density at radius 3 is 1.61 bits per heavy atom. The van der Waals surface area contributed by atoms with Crippen molar-refractivity contribution in [3.8, 4) is 0 Å². The van der Waals surface area contributed by atoms with Gasteiger partial charge in [0.15, 0.2) is 0 Å². The molecule has 0 amide bonds. The molecule has 0 saturated heterocycles. The van der Waals surface area contributed by atoms with Crippen molar-refractivity contribution < 1.29 is 30.4 Å². The largest absolute Gasteiger partial charge is 0.480 e. The lowest BCUT2D eigenvalue weighted by molar-refractivity contribution is -0.742. The Kier molecular flexibility index (Phi) is 18.8. The minimum absolute atomic E-state index is 0.0208. The molecule has 18 heavy (non-hydrogen) atoms. The second-order valence-electron chi connectivity index (χ2n) is 3.50. The van der Waals surface area contributed by atoms with E-state index in [0.717, 1.165) is 12.8 Å². The minimum atomic E-state index is -1.50. The minimum Gasteiger partial charge on any atom is -0.480 e. The predicted molar refractivity (Wildman–Crippen MR) is 62.6 cm³/mol. The molecule has 0 aromatic carbocycles. The third kappa shape index (κ3) is 29.3. The van der Waals surface area contributed by atoms with Crippen molar-refractivity contribution >= 4 is 5.97 Å². The number of hydrogen-bond acceptors (Lipinski definition) is 6. The van der Waals surface area contributed by atoms with Gasteiger partial charge < -0.3 is 26.3 Å². The number of carbonyl (C=O) groups is 1. The standard InChI is InChI=1S/C5H11NO2.C4H10O2.HNO3/c1-3(2)4(6)5(7)8;5-3-1-2-4-6;2-1(3)4/h3-4H,6H2,1-2H3,(H,7,8);5-6H,1-4H2;(H,2,3,4)/t4-;;/m0../s1. The van der Waals surface area contributed by atoms with Crippen LogP contribution in [-0.4, -0.2) is 50.8 Å². The number of hydrogen-bond donors (Lipinski definition) is 5. The third-order valence-electron chi connectivity index (χ3n) is 1.57. The number of nitrogens with two attached hydrogens (primary N) is 1. The van der Waals surface area contributed by atoms with Crippen LogP contribution < -0.4 is 5.73 Å². The maximum absolute atomic E-state index is 10.0. The number of nitrogens with zero attached hydrogens (tertiary/aromatic N) is 1. The van der Waals surface area contributed by atoms with Crippen LogP contribution in [0.1, 0.15) is 26.7 Å². The van der Waals surface area contributed by atoms with E-state index in [-0.39, 0.29) is 19.1 Å². The Morgan fingerprint density at radius 2 is 1.56 bits per heavy atom. The maximum Gasteiger partial charge on any atom is 0.320 e. The van der Waals surface area contributed by atoms with E-state index in [1.807, 2.05) is 0 Å². The Labute approximate surface area is 105 Å². The summed E-state index contributed by atoms with van der Waals surface area (Å²) in [4.78, 5) is 18.4. The molecule has 0 aromatic rings. The molecule has 0 spiro atoms. The number of aliphatic carboxylic acids is 1. The van der Waals surface area contributed by atoms with Crippen molar-refractivity contribution in [2.75, 3.05) is 13.2 Å².